The van der Waals surface area contributed by atoms with E-state index in [9.17, 15) is 26.3 Å². The second-order valence-corrected chi connectivity index (χ2v) is 18.3. The summed E-state index contributed by atoms with van der Waals surface area (Å²) in [5, 5.41) is 7.27. The number of nitrogens with zero attached hydrogens (tertiary/aromatic N) is 12. The Morgan fingerprint density at radius 1 is 0.351 bits per heavy atom. The molecule has 0 amide bonds. The molecule has 6 aliphatic rings. The van der Waals surface area contributed by atoms with Crippen molar-refractivity contribution in [3.63, 3.8) is 0 Å². The molecule has 12 nitrogen and oxygen atoms in total. The van der Waals surface area contributed by atoms with E-state index in [-0.39, 0.29) is 50.3 Å². The van der Waals surface area contributed by atoms with Crippen molar-refractivity contribution in [1.29, 1.82) is 0 Å². The molecule has 6 heterocycles. The largest absolute Gasteiger partial charge is 0.260 e. The van der Waals surface area contributed by atoms with Gasteiger partial charge in [0.2, 0.25) is 0 Å². The van der Waals surface area contributed by atoms with Gasteiger partial charge < -0.3 is 0 Å². The molecule has 9 radical (unpaired) electrons. The van der Waals surface area contributed by atoms with Crippen molar-refractivity contribution >= 4 is 67.6 Å². The van der Waals surface area contributed by atoms with Crippen molar-refractivity contribution in [3.8, 4) is 0 Å². The fourth-order valence-corrected chi connectivity index (χ4v) is 10.5. The third-order valence-electron chi connectivity index (χ3n) is 14.0. The van der Waals surface area contributed by atoms with Crippen molar-refractivity contribution in [2.45, 2.75) is 66.1 Å². The number of aryl methyl sites for hydroxylation is 1. The van der Waals surface area contributed by atoms with E-state index >= 15 is 0 Å². The molecule has 0 aromatic heterocycles. The van der Waals surface area contributed by atoms with Crippen LogP contribution >= 0.6 is 0 Å². The zero-order chi connectivity index (χ0) is 54.1. The maximum Gasteiger partial charge on any atom is 0.151 e. The van der Waals surface area contributed by atoms with Crippen LogP contribution in [-0.2, 0) is 38.5 Å². The molecule has 0 saturated carbocycles. The molecule has 6 aromatic rings. The average Bonchev–Trinajstić information content (AvgIpc) is 4.31. The van der Waals surface area contributed by atoms with Gasteiger partial charge in [-0.1, -0.05) is 38.5 Å². The molecule has 0 unspecified atom stereocenters. The van der Waals surface area contributed by atoms with Crippen LogP contribution in [0.2, 0.25) is 6.82 Å². The minimum absolute atomic E-state index is 0.0526. The zero-order valence-electron chi connectivity index (χ0n) is 42.6. The van der Waals surface area contributed by atoms with E-state index in [0.717, 1.165) is 11.0 Å². The van der Waals surface area contributed by atoms with Gasteiger partial charge in [0.15, 0.2) is 7.28 Å². The second kappa shape index (κ2) is 22.9. The number of rotatable bonds is 14. The number of halogens is 6. The lowest BCUT2D eigenvalue weighted by atomic mass is 9.26. The Bertz CT molecular complexity index is 4290. The van der Waals surface area contributed by atoms with E-state index < -0.39 is 17.5 Å². The lowest BCUT2D eigenvalue weighted by molar-refractivity contribution is 0.593. The van der Waals surface area contributed by atoms with Crippen molar-refractivity contribution in [1.82, 2.24) is 0 Å². The van der Waals surface area contributed by atoms with Crippen LogP contribution in [0.1, 0.15) is 70.8 Å². The van der Waals surface area contributed by atoms with Gasteiger partial charge in [-0.2, -0.15) is 0 Å². The van der Waals surface area contributed by atoms with Crippen molar-refractivity contribution < 1.29 is 26.3 Å². The van der Waals surface area contributed by atoms with Gasteiger partial charge in [0, 0.05) is 76.7 Å². The highest BCUT2D eigenvalue weighted by atomic mass is 19.1. The van der Waals surface area contributed by atoms with Gasteiger partial charge in [0.1, 0.15) is 82.1 Å². The van der Waals surface area contributed by atoms with Crippen LogP contribution in [0.15, 0.2) is 96.3 Å². The van der Waals surface area contributed by atoms with Gasteiger partial charge in [-0.05, 0) is 83.4 Å². The predicted molar refractivity (Wildman–Crippen MR) is 283 cm³/mol. The second-order valence-electron chi connectivity index (χ2n) is 18.3. The highest BCUT2D eigenvalue weighted by Gasteiger charge is 2.23. The van der Waals surface area contributed by atoms with Crippen LogP contribution < -0.4 is 80.7 Å². The Labute approximate surface area is 443 Å². The summed E-state index contributed by atoms with van der Waals surface area (Å²) in [4.78, 5) is 52.0. The predicted octanol–water partition coefficient (Wildman–Crippen LogP) is -2.94. The zero-order valence-corrected chi connectivity index (χ0v) is 42.6. The Morgan fingerprint density at radius 2 is 0.688 bits per heavy atom. The molecule has 6 aliphatic heterocycles. The molecule has 77 heavy (non-hydrogen) atoms. The molecule has 25 heteroatoms. The van der Waals surface area contributed by atoms with Crippen LogP contribution in [0.25, 0.3) is 0 Å². The van der Waals surface area contributed by atoms with Crippen LogP contribution in [0.3, 0.4) is 0 Å². The van der Waals surface area contributed by atoms with E-state index in [1.54, 1.807) is 7.17 Å². The van der Waals surface area contributed by atoms with Crippen LogP contribution in [0, 0.1) is 34.9 Å². The third-order valence-corrected chi connectivity index (χ3v) is 14.0. The minimum Gasteiger partial charge on any atom is -0.260 e. The topological polar surface area (TPSA) is 148 Å². The summed E-state index contributed by atoms with van der Waals surface area (Å²) in [6.45, 7) is 9.21. The Morgan fingerprint density at radius 3 is 1.17 bits per heavy atom. The van der Waals surface area contributed by atoms with Crippen LogP contribution in [0.4, 0.5) is 26.3 Å². The highest BCUT2D eigenvalue weighted by molar-refractivity contribution is 7.28. The molecule has 0 saturated heterocycles. The fourth-order valence-electron chi connectivity index (χ4n) is 10.5. The number of hydrogen-bond acceptors (Lipinski definition) is 12. The Kier molecular flexibility index (Phi) is 15.9. The first-order valence-corrected chi connectivity index (χ1v) is 25.2. The summed E-state index contributed by atoms with van der Waals surface area (Å²) in [7, 11) is 18.3. The molecule has 0 N–H and O–H groups in total. The fraction of sp³-hybridized carbons (Fsp3) is 0.308. The molecule has 0 bridgehead atoms. The summed E-state index contributed by atoms with van der Waals surface area (Å²) < 4.78 is 87.7. The quantitative estimate of drug-likeness (QED) is 0.0813. The maximum atomic E-state index is 14.8. The first-order valence-electron chi connectivity index (χ1n) is 25.2. The first-order chi connectivity index (χ1) is 37.4. The van der Waals surface area contributed by atoms with Crippen molar-refractivity contribution in [2.75, 3.05) is 40.0 Å². The molecule has 6 aromatic carbocycles. The van der Waals surface area contributed by atoms with E-state index in [0.29, 0.717) is 165 Å². The summed E-state index contributed by atoms with van der Waals surface area (Å²) in [5.41, 5.74) is 6.67. The maximum absolute atomic E-state index is 14.8. The third kappa shape index (κ3) is 10.1. The molecule has 0 spiro atoms. The van der Waals surface area contributed by atoms with Gasteiger partial charge in [0.25, 0.3) is 0 Å². The van der Waals surface area contributed by atoms with E-state index in [1.807, 2.05) is 34.9 Å². The average molecular weight is 1020 g/mol. The van der Waals surface area contributed by atoms with Crippen LogP contribution in [-0.4, -0.2) is 91.2 Å². The van der Waals surface area contributed by atoms with E-state index in [2.05, 4.69) is 59.9 Å². The summed E-state index contributed by atoms with van der Waals surface area (Å²) in [5.74, 6) is -2.24. The standard InChI is InChI=1S/C18H16BF2N4.2C17H13B3F2N4/c1-3-10-13(20)5-9(15-16(10)23-7-22-15)4-11-14(21)6-12(19-2)18-17(11)24-8-25-18;1-2-10-11(21)4-8(14-16(10)25-6-23-14)3-9-5-12(22)13(19-20-18)17-15(9)24-7-26-17;1-2-8-3-12(21)9(15-14(8)23-6-24-15)4-10-13(22)5-11(19-20-18)17-16(10)25-7-26-17/h5-6H,3-4,7-8H2,1-2H3;4-5H,2-3,6-7H2,1H3;3,5H,2,4,6-7H2,1H3. The SMILES string of the molecule is C[B]c1cc(F)c(Cc2cc(F)c(CC)c3c2=NCN=3)c2c1=NCN=2.[B][B][B]c1c(F)cc(Cc2cc(F)c(CC)c3c2=NCN=3)c2c1=NCN=2.[B][B][B]c1cc(F)c(Cc2c(F)cc(CC)c3c2=NCN=3)c2c1=NCN=2. The van der Waals surface area contributed by atoms with Gasteiger partial charge in [-0.15, -0.1) is 0 Å². The van der Waals surface area contributed by atoms with Gasteiger partial charge in [-0.3, -0.25) is 59.9 Å². The minimum atomic E-state index is -0.458. The highest BCUT2D eigenvalue weighted by Crippen LogP contribution is 2.14. The smallest absolute Gasteiger partial charge is 0.151 e. The lowest BCUT2D eigenvalue weighted by Gasteiger charge is -2.09. The number of fused-ring (bicyclic) bond motifs is 6. The number of hydrogen-bond donors (Lipinski definition) is 0. The number of benzene rings is 6. The molecule has 0 atom stereocenters. The van der Waals surface area contributed by atoms with E-state index in [1.165, 1.54) is 57.7 Å². The van der Waals surface area contributed by atoms with E-state index in [4.69, 9.17) is 15.5 Å². The molecule has 0 fully saturated rings. The molecular formula is C52H42B7F6N12. The van der Waals surface area contributed by atoms with Gasteiger partial charge >= 0.3 is 0 Å². The van der Waals surface area contributed by atoms with Crippen molar-refractivity contribution in [3.05, 3.63) is 186 Å². The Balaban J connectivity index is 0.000000131. The molecular weight excluding hydrogens is 982 g/mol. The Hall–Kier alpha value is -7.05. The summed E-state index contributed by atoms with van der Waals surface area (Å²) in [6, 6.07) is 8.66. The monoisotopic (exact) mass is 1030 g/mol. The van der Waals surface area contributed by atoms with Crippen molar-refractivity contribution in [2.24, 2.45) is 59.9 Å². The molecule has 12 rings (SSSR count). The van der Waals surface area contributed by atoms with Gasteiger partial charge in [-0.25, -0.2) is 26.3 Å². The summed E-state index contributed by atoms with van der Waals surface area (Å²) in [6.07, 6.45) is 2.35. The summed E-state index contributed by atoms with van der Waals surface area (Å²) >= 11 is 0. The molecule has 0 aliphatic carbocycles. The van der Waals surface area contributed by atoms with Crippen LogP contribution in [0.5, 0.6) is 0 Å². The lowest BCUT2D eigenvalue weighted by Crippen LogP contribution is -2.47. The molecule has 373 valence electrons. The first kappa shape index (κ1) is 53.4. The normalized spacial score (nSPS) is 13.9. The van der Waals surface area contributed by atoms with Gasteiger partial charge in [0.05, 0.1) is 71.5 Å².